The van der Waals surface area contributed by atoms with Gasteiger partial charge in [-0.05, 0) is 86.0 Å². The van der Waals surface area contributed by atoms with Gasteiger partial charge >= 0.3 is 5.97 Å². The van der Waals surface area contributed by atoms with Crippen LogP contribution in [0.4, 0.5) is 0 Å². The van der Waals surface area contributed by atoms with E-state index >= 15 is 0 Å². The van der Waals surface area contributed by atoms with Crippen LogP contribution >= 0.6 is 0 Å². The molecule has 4 rings (SSSR count). The summed E-state index contributed by atoms with van der Waals surface area (Å²) >= 11 is 0. The maximum Gasteiger partial charge on any atom is 0.302 e. The van der Waals surface area contributed by atoms with Crippen LogP contribution in [0.3, 0.4) is 0 Å². The van der Waals surface area contributed by atoms with Crippen LogP contribution in [0.15, 0.2) is 28.5 Å². The Balaban J connectivity index is 1.52. The Morgan fingerprint density at radius 3 is 2.67 bits per heavy atom. The highest BCUT2D eigenvalue weighted by molar-refractivity contribution is 5.86. The third kappa shape index (κ3) is 5.78. The second-order valence-electron chi connectivity index (χ2n) is 13.1. The van der Waals surface area contributed by atoms with Crippen LogP contribution in [0.25, 0.3) is 0 Å². The van der Waals surface area contributed by atoms with Gasteiger partial charge in [-0.2, -0.15) is 0 Å². The lowest BCUT2D eigenvalue weighted by atomic mass is 9.60. The molecular weight excluding hydrogens is 446 g/mol. The number of hydrogen-bond acceptors (Lipinski definition) is 4. The van der Waals surface area contributed by atoms with Gasteiger partial charge in [-0.1, -0.05) is 76.8 Å². The van der Waals surface area contributed by atoms with E-state index in [0.29, 0.717) is 11.3 Å². The first-order chi connectivity index (χ1) is 17.2. The quantitative estimate of drug-likeness (QED) is 0.316. The largest absolute Gasteiger partial charge is 0.462 e. The standard InChI is InChI=1S/C32H51NO3/c1-7-27-21-32(36-33-27)19-17-28(35-24(5)34)20-26(32)14-13-25-12-9-18-31(6)29(15-16-30(25)31)23(4)11-8-10-22(2)3/h13-14,22-23,28-30H,7-12,15-21H2,1-6H3/b25-13+,26-14-/t23-,28+,29-,30+,31-,32+/m1/s1. The molecule has 1 heterocycles. The Kier molecular flexibility index (Phi) is 8.72. The van der Waals surface area contributed by atoms with Gasteiger partial charge < -0.3 is 9.57 Å². The molecule has 0 amide bonds. The van der Waals surface area contributed by atoms with Crippen LogP contribution in [0.2, 0.25) is 0 Å². The Morgan fingerprint density at radius 1 is 1.17 bits per heavy atom. The van der Waals surface area contributed by atoms with Gasteiger partial charge in [0.05, 0.1) is 5.71 Å². The van der Waals surface area contributed by atoms with Crippen LogP contribution in [0.5, 0.6) is 0 Å². The highest BCUT2D eigenvalue weighted by atomic mass is 16.7. The average Bonchev–Trinajstić information content (AvgIpc) is 3.40. The first-order valence-electron chi connectivity index (χ1n) is 15.0. The fourth-order valence-electron chi connectivity index (χ4n) is 8.16. The number of ether oxygens (including phenoxy) is 1. The molecule has 0 bridgehead atoms. The predicted molar refractivity (Wildman–Crippen MR) is 148 cm³/mol. The zero-order valence-electron chi connectivity index (χ0n) is 23.9. The molecule has 0 aromatic carbocycles. The molecule has 0 unspecified atom stereocenters. The van der Waals surface area contributed by atoms with Crippen molar-refractivity contribution >= 4 is 11.7 Å². The van der Waals surface area contributed by atoms with Gasteiger partial charge in [0.15, 0.2) is 5.60 Å². The second-order valence-corrected chi connectivity index (χ2v) is 13.1. The van der Waals surface area contributed by atoms with Crippen molar-refractivity contribution in [3.05, 3.63) is 23.3 Å². The Bertz CT molecular complexity index is 886. The summed E-state index contributed by atoms with van der Waals surface area (Å²) in [4.78, 5) is 17.8. The van der Waals surface area contributed by atoms with Crippen molar-refractivity contribution in [2.24, 2.45) is 34.2 Å². The summed E-state index contributed by atoms with van der Waals surface area (Å²) in [5, 5.41) is 4.44. The molecule has 0 aromatic heterocycles. The van der Waals surface area contributed by atoms with E-state index in [9.17, 15) is 4.79 Å². The van der Waals surface area contributed by atoms with E-state index in [2.05, 4.69) is 51.9 Å². The number of hydrogen-bond donors (Lipinski definition) is 0. The smallest absolute Gasteiger partial charge is 0.302 e. The molecule has 36 heavy (non-hydrogen) atoms. The van der Waals surface area contributed by atoms with Crippen molar-refractivity contribution < 1.29 is 14.4 Å². The number of allylic oxidation sites excluding steroid dienone is 3. The molecule has 3 aliphatic carbocycles. The lowest BCUT2D eigenvalue weighted by Crippen LogP contribution is -2.40. The van der Waals surface area contributed by atoms with Crippen molar-refractivity contribution in [2.45, 2.75) is 137 Å². The molecule has 1 aliphatic heterocycles. The molecule has 1 spiro atoms. The van der Waals surface area contributed by atoms with Crippen molar-refractivity contribution in [1.82, 2.24) is 0 Å². The maximum atomic E-state index is 11.7. The number of nitrogens with zero attached hydrogens (tertiary/aromatic N) is 1. The molecule has 0 radical (unpaired) electrons. The summed E-state index contributed by atoms with van der Waals surface area (Å²) in [5.74, 6) is 3.00. The fourth-order valence-corrected chi connectivity index (χ4v) is 8.16. The second kappa shape index (κ2) is 11.4. The summed E-state index contributed by atoms with van der Waals surface area (Å²) in [7, 11) is 0. The first-order valence-corrected chi connectivity index (χ1v) is 15.0. The Labute approximate surface area is 220 Å². The van der Waals surface area contributed by atoms with Gasteiger partial charge in [-0.25, -0.2) is 0 Å². The molecule has 4 aliphatic rings. The maximum absolute atomic E-state index is 11.7. The molecule has 0 saturated heterocycles. The van der Waals surface area contributed by atoms with Gasteiger partial charge in [0.1, 0.15) is 6.10 Å². The monoisotopic (exact) mass is 497 g/mol. The van der Waals surface area contributed by atoms with Gasteiger partial charge in [0, 0.05) is 19.8 Å². The lowest BCUT2D eigenvalue weighted by molar-refractivity contribution is -0.149. The summed E-state index contributed by atoms with van der Waals surface area (Å²) in [6.45, 7) is 13.5. The van der Waals surface area contributed by atoms with Crippen molar-refractivity contribution in [3.8, 4) is 0 Å². The molecule has 0 N–H and O–H groups in total. The average molecular weight is 498 g/mol. The summed E-state index contributed by atoms with van der Waals surface area (Å²) in [5.41, 5.74) is 4.17. The van der Waals surface area contributed by atoms with E-state index in [1.54, 1.807) is 5.57 Å². The highest BCUT2D eigenvalue weighted by Crippen LogP contribution is 2.60. The highest BCUT2D eigenvalue weighted by Gasteiger charge is 2.51. The van der Waals surface area contributed by atoms with E-state index in [1.165, 1.54) is 63.9 Å². The molecule has 3 fully saturated rings. The summed E-state index contributed by atoms with van der Waals surface area (Å²) in [6, 6.07) is 0. The minimum absolute atomic E-state index is 0.0498. The normalized spacial score (nSPS) is 37.3. The first kappa shape index (κ1) is 27.5. The number of esters is 1. The van der Waals surface area contributed by atoms with Gasteiger partial charge in [-0.15, -0.1) is 0 Å². The van der Waals surface area contributed by atoms with E-state index in [4.69, 9.17) is 9.57 Å². The van der Waals surface area contributed by atoms with Crippen LogP contribution in [-0.4, -0.2) is 23.4 Å². The SMILES string of the molecule is CCC1=NO[C@@]2(CC[C@H](OC(C)=O)C/C2=C/C=C2\CCC[C@]3(C)[C@@H]([C@H](C)CCCC(C)C)CC[C@@H]23)C1. The molecule has 0 aromatic rings. The van der Waals surface area contributed by atoms with Gasteiger partial charge in [-0.3, -0.25) is 4.79 Å². The summed E-state index contributed by atoms with van der Waals surface area (Å²) < 4.78 is 5.65. The Hall–Kier alpha value is -1.58. The fraction of sp³-hybridized carbons (Fsp3) is 0.812. The number of carbonyl (C=O) groups is 1. The third-order valence-corrected chi connectivity index (χ3v) is 10.1. The van der Waals surface area contributed by atoms with Crippen LogP contribution < -0.4 is 0 Å². The van der Waals surface area contributed by atoms with Crippen molar-refractivity contribution in [3.63, 3.8) is 0 Å². The minimum Gasteiger partial charge on any atom is -0.462 e. The van der Waals surface area contributed by atoms with E-state index in [1.807, 2.05) is 0 Å². The molecule has 4 nitrogen and oxygen atoms in total. The topological polar surface area (TPSA) is 47.9 Å². The zero-order valence-corrected chi connectivity index (χ0v) is 23.9. The number of carbonyl (C=O) groups excluding carboxylic acids is 1. The number of fused-ring (bicyclic) bond motifs is 1. The Morgan fingerprint density at radius 2 is 1.97 bits per heavy atom. The lowest BCUT2D eigenvalue weighted by Gasteiger charge is -2.44. The number of rotatable bonds is 8. The predicted octanol–water partition coefficient (Wildman–Crippen LogP) is 8.56. The van der Waals surface area contributed by atoms with Gasteiger partial charge in [0.25, 0.3) is 0 Å². The van der Waals surface area contributed by atoms with Crippen molar-refractivity contribution in [2.75, 3.05) is 0 Å². The van der Waals surface area contributed by atoms with E-state index in [-0.39, 0.29) is 17.7 Å². The van der Waals surface area contributed by atoms with Gasteiger partial charge in [0.2, 0.25) is 0 Å². The molecule has 4 heteroatoms. The molecule has 6 atom stereocenters. The molecule has 202 valence electrons. The third-order valence-electron chi connectivity index (χ3n) is 10.1. The minimum atomic E-state index is -0.333. The van der Waals surface area contributed by atoms with Crippen LogP contribution in [-0.2, 0) is 14.4 Å². The summed E-state index contributed by atoms with van der Waals surface area (Å²) in [6.07, 6.45) is 19.8. The van der Waals surface area contributed by atoms with E-state index in [0.717, 1.165) is 55.6 Å². The van der Waals surface area contributed by atoms with E-state index < -0.39 is 0 Å². The zero-order chi connectivity index (χ0) is 25.9. The van der Waals surface area contributed by atoms with Crippen LogP contribution in [0.1, 0.15) is 125 Å². The molecular formula is C32H51NO3. The number of oxime groups is 1. The van der Waals surface area contributed by atoms with Crippen LogP contribution in [0, 0.1) is 29.1 Å². The molecule has 3 saturated carbocycles. The van der Waals surface area contributed by atoms with Crippen molar-refractivity contribution in [1.29, 1.82) is 0 Å².